The average molecular weight is 206 g/mol. The number of aromatic hydroxyl groups is 1. The number of aliphatic carboxylic acids is 1. The van der Waals surface area contributed by atoms with Crippen LogP contribution in [0, 0.1) is 6.92 Å². The van der Waals surface area contributed by atoms with Gasteiger partial charge in [-0.2, -0.15) is 0 Å². The number of phenols is 1. The highest BCUT2D eigenvalue weighted by Crippen LogP contribution is 2.28. The monoisotopic (exact) mass is 206 g/mol. The SMILES string of the molecule is Cc1c(CC(=O)O)oc2ccc(O)cc12. The third-order valence-corrected chi connectivity index (χ3v) is 2.33. The number of rotatable bonds is 2. The van der Waals surface area contributed by atoms with Crippen LogP contribution in [0.15, 0.2) is 22.6 Å². The molecule has 0 spiro atoms. The molecule has 2 rings (SSSR count). The van der Waals surface area contributed by atoms with Crippen molar-refractivity contribution in [3.05, 3.63) is 29.5 Å². The van der Waals surface area contributed by atoms with Crippen LogP contribution in [0.4, 0.5) is 0 Å². The van der Waals surface area contributed by atoms with Gasteiger partial charge in [-0.05, 0) is 30.7 Å². The van der Waals surface area contributed by atoms with Crippen molar-refractivity contribution in [1.82, 2.24) is 0 Å². The van der Waals surface area contributed by atoms with Crippen molar-refractivity contribution in [2.24, 2.45) is 0 Å². The van der Waals surface area contributed by atoms with Crippen molar-refractivity contribution in [3.8, 4) is 5.75 Å². The third kappa shape index (κ3) is 1.66. The highest BCUT2D eigenvalue weighted by molar-refractivity contribution is 5.84. The molecule has 0 aliphatic heterocycles. The van der Waals surface area contributed by atoms with Gasteiger partial charge >= 0.3 is 5.97 Å². The first-order chi connectivity index (χ1) is 7.08. The van der Waals surface area contributed by atoms with Crippen LogP contribution in [0.2, 0.25) is 0 Å². The first kappa shape index (κ1) is 9.58. The van der Waals surface area contributed by atoms with Gasteiger partial charge in [0.15, 0.2) is 0 Å². The second kappa shape index (κ2) is 3.31. The van der Waals surface area contributed by atoms with Crippen LogP contribution in [-0.4, -0.2) is 16.2 Å². The molecule has 0 saturated carbocycles. The van der Waals surface area contributed by atoms with E-state index in [1.807, 2.05) is 0 Å². The van der Waals surface area contributed by atoms with Crippen molar-refractivity contribution in [1.29, 1.82) is 0 Å². The zero-order valence-electron chi connectivity index (χ0n) is 8.15. The van der Waals surface area contributed by atoms with Crippen LogP contribution in [0.25, 0.3) is 11.0 Å². The van der Waals surface area contributed by atoms with Crippen molar-refractivity contribution < 1.29 is 19.4 Å². The molecule has 1 aromatic carbocycles. The minimum Gasteiger partial charge on any atom is -0.508 e. The van der Waals surface area contributed by atoms with Gasteiger partial charge in [-0.15, -0.1) is 0 Å². The van der Waals surface area contributed by atoms with E-state index in [1.54, 1.807) is 19.1 Å². The quantitative estimate of drug-likeness (QED) is 0.789. The number of carboxylic acids is 1. The molecule has 0 unspecified atom stereocenters. The van der Waals surface area contributed by atoms with Gasteiger partial charge < -0.3 is 14.6 Å². The molecule has 1 aromatic heterocycles. The summed E-state index contributed by atoms with van der Waals surface area (Å²) in [6.45, 7) is 1.78. The number of hydrogen-bond donors (Lipinski definition) is 2. The maximum Gasteiger partial charge on any atom is 0.311 e. The van der Waals surface area contributed by atoms with Crippen LogP contribution in [0.5, 0.6) is 5.75 Å². The summed E-state index contributed by atoms with van der Waals surface area (Å²) in [5, 5.41) is 18.7. The lowest BCUT2D eigenvalue weighted by atomic mass is 10.1. The summed E-state index contributed by atoms with van der Waals surface area (Å²) in [7, 11) is 0. The van der Waals surface area contributed by atoms with Gasteiger partial charge in [-0.3, -0.25) is 4.79 Å². The van der Waals surface area contributed by atoms with E-state index in [1.165, 1.54) is 6.07 Å². The summed E-state index contributed by atoms with van der Waals surface area (Å²) in [5.74, 6) is -0.349. The van der Waals surface area contributed by atoms with Gasteiger partial charge in [0, 0.05) is 5.39 Å². The summed E-state index contributed by atoms with van der Waals surface area (Å²) >= 11 is 0. The van der Waals surface area contributed by atoms with E-state index in [2.05, 4.69) is 0 Å². The van der Waals surface area contributed by atoms with E-state index in [-0.39, 0.29) is 12.2 Å². The van der Waals surface area contributed by atoms with E-state index in [0.717, 1.165) is 10.9 Å². The van der Waals surface area contributed by atoms with Crippen LogP contribution in [0.1, 0.15) is 11.3 Å². The Morgan fingerprint density at radius 1 is 1.47 bits per heavy atom. The van der Waals surface area contributed by atoms with Crippen molar-refractivity contribution in [3.63, 3.8) is 0 Å². The molecule has 0 saturated heterocycles. The van der Waals surface area contributed by atoms with E-state index < -0.39 is 5.97 Å². The summed E-state index contributed by atoms with van der Waals surface area (Å²) < 4.78 is 5.37. The second-order valence-corrected chi connectivity index (χ2v) is 3.40. The smallest absolute Gasteiger partial charge is 0.311 e. The van der Waals surface area contributed by atoms with E-state index >= 15 is 0 Å². The van der Waals surface area contributed by atoms with Crippen LogP contribution < -0.4 is 0 Å². The lowest BCUT2D eigenvalue weighted by molar-refractivity contribution is -0.136. The van der Waals surface area contributed by atoms with Crippen LogP contribution >= 0.6 is 0 Å². The number of phenolic OH excluding ortho intramolecular Hbond substituents is 1. The second-order valence-electron chi connectivity index (χ2n) is 3.40. The largest absolute Gasteiger partial charge is 0.508 e. The van der Waals surface area contributed by atoms with Crippen LogP contribution in [0.3, 0.4) is 0 Å². The van der Waals surface area contributed by atoms with Gasteiger partial charge in [-0.25, -0.2) is 0 Å². The van der Waals surface area contributed by atoms with Crippen molar-refractivity contribution in [2.45, 2.75) is 13.3 Å². The summed E-state index contributed by atoms with van der Waals surface area (Å²) in [5.41, 5.74) is 1.37. The number of fused-ring (bicyclic) bond motifs is 1. The number of hydrogen-bond acceptors (Lipinski definition) is 3. The summed E-state index contributed by atoms with van der Waals surface area (Å²) in [4.78, 5) is 10.6. The Morgan fingerprint density at radius 2 is 2.20 bits per heavy atom. The maximum atomic E-state index is 10.6. The number of carboxylic acid groups (broad SMARTS) is 1. The molecule has 0 aliphatic rings. The highest BCUT2D eigenvalue weighted by Gasteiger charge is 2.13. The molecule has 4 heteroatoms. The number of benzene rings is 1. The predicted octanol–water partition coefficient (Wildman–Crippen LogP) is 2.07. The molecule has 78 valence electrons. The predicted molar refractivity (Wildman–Crippen MR) is 54.0 cm³/mol. The Kier molecular flexibility index (Phi) is 2.11. The molecule has 15 heavy (non-hydrogen) atoms. The lowest BCUT2D eigenvalue weighted by Gasteiger charge is -1.92. The molecular formula is C11H10O4. The number of aryl methyl sites for hydroxylation is 1. The number of furan rings is 1. The molecule has 0 radical (unpaired) electrons. The van der Waals surface area contributed by atoms with E-state index in [9.17, 15) is 9.90 Å². The molecule has 2 N–H and O–H groups in total. The minimum absolute atomic E-state index is 0.138. The molecule has 1 heterocycles. The van der Waals surface area contributed by atoms with Gasteiger partial charge in [0.05, 0.1) is 0 Å². The molecule has 2 aromatic rings. The molecule has 0 bridgehead atoms. The fourth-order valence-electron chi connectivity index (χ4n) is 1.57. The normalized spacial score (nSPS) is 10.7. The molecule has 0 atom stereocenters. The first-order valence-electron chi connectivity index (χ1n) is 4.50. The molecule has 4 nitrogen and oxygen atoms in total. The number of carbonyl (C=O) groups is 1. The molecular weight excluding hydrogens is 196 g/mol. The highest BCUT2D eigenvalue weighted by atomic mass is 16.4. The van der Waals surface area contributed by atoms with E-state index in [0.29, 0.717) is 11.3 Å². The van der Waals surface area contributed by atoms with E-state index in [4.69, 9.17) is 9.52 Å². The average Bonchev–Trinajstić information content (AvgIpc) is 2.44. The Balaban J connectivity index is 2.59. The standard InChI is InChI=1S/C11H10O4/c1-6-8-4-7(12)2-3-9(8)15-10(6)5-11(13)14/h2-4,12H,5H2,1H3,(H,13,14). The minimum atomic E-state index is -0.929. The van der Waals surface area contributed by atoms with Gasteiger partial charge in [0.1, 0.15) is 23.5 Å². The topological polar surface area (TPSA) is 70.7 Å². The molecule has 0 aliphatic carbocycles. The zero-order valence-corrected chi connectivity index (χ0v) is 8.15. The Bertz CT molecular complexity index is 525. The Morgan fingerprint density at radius 3 is 2.87 bits per heavy atom. The fourth-order valence-corrected chi connectivity index (χ4v) is 1.57. The van der Waals surface area contributed by atoms with Crippen molar-refractivity contribution >= 4 is 16.9 Å². The lowest BCUT2D eigenvalue weighted by Crippen LogP contribution is -1.99. The summed E-state index contributed by atoms with van der Waals surface area (Å²) in [6, 6.07) is 4.71. The molecule has 0 amide bonds. The zero-order chi connectivity index (χ0) is 11.0. The third-order valence-electron chi connectivity index (χ3n) is 2.33. The first-order valence-corrected chi connectivity index (χ1v) is 4.50. The van der Waals surface area contributed by atoms with Gasteiger partial charge in [0.2, 0.25) is 0 Å². The van der Waals surface area contributed by atoms with Crippen LogP contribution in [-0.2, 0) is 11.2 Å². The fraction of sp³-hybridized carbons (Fsp3) is 0.182. The van der Waals surface area contributed by atoms with Crippen molar-refractivity contribution in [2.75, 3.05) is 0 Å². The van der Waals surface area contributed by atoms with Gasteiger partial charge in [-0.1, -0.05) is 0 Å². The molecule has 0 fully saturated rings. The summed E-state index contributed by atoms with van der Waals surface area (Å²) in [6.07, 6.45) is -0.138. The Labute approximate surface area is 85.8 Å². The maximum absolute atomic E-state index is 10.6. The Hall–Kier alpha value is -1.97. The van der Waals surface area contributed by atoms with Gasteiger partial charge in [0.25, 0.3) is 0 Å².